The predicted octanol–water partition coefficient (Wildman–Crippen LogP) is 2.48. The number of halogens is 3. The van der Waals surface area contributed by atoms with E-state index in [0.29, 0.717) is 0 Å². The van der Waals surface area contributed by atoms with Gasteiger partial charge in [0.2, 0.25) is 0 Å². The number of rotatable bonds is 3. The molecule has 0 unspecified atom stereocenters. The van der Waals surface area contributed by atoms with E-state index >= 15 is 0 Å². The number of aliphatic carboxylic acids is 1. The lowest BCUT2D eigenvalue weighted by molar-refractivity contribution is -0.139. The van der Waals surface area contributed by atoms with Gasteiger partial charge >= 0.3 is 12.1 Å². The number of carbonyl (C=O) groups is 1. The fourth-order valence-corrected chi connectivity index (χ4v) is 1.20. The molecule has 0 amide bonds. The Morgan fingerprint density at radius 1 is 1.29 bits per heavy atom. The van der Waals surface area contributed by atoms with Crippen LogP contribution in [0.4, 0.5) is 13.2 Å². The number of hydrogen-bond donors (Lipinski definition) is 1. The van der Waals surface area contributed by atoms with Gasteiger partial charge in [0.25, 0.3) is 0 Å². The summed E-state index contributed by atoms with van der Waals surface area (Å²) in [6.45, 7) is -0.625. The molecule has 0 radical (unpaired) electrons. The highest BCUT2D eigenvalue weighted by molar-refractivity contribution is 7.80. The molecule has 0 aliphatic rings. The van der Waals surface area contributed by atoms with Crippen molar-refractivity contribution in [3.8, 4) is 0 Å². The molecule has 0 saturated carbocycles. The molecular weight excluding hydrogens is 257 g/mol. The summed E-state index contributed by atoms with van der Waals surface area (Å²) in [5, 5.41) is 8.17. The van der Waals surface area contributed by atoms with Crippen LogP contribution in [-0.2, 0) is 15.7 Å². The fraction of sp³-hybridized carbons (Fsp3) is 0.200. The molecule has 0 aliphatic heterocycles. The lowest BCUT2D eigenvalue weighted by Gasteiger charge is -2.08. The van der Waals surface area contributed by atoms with Crippen molar-refractivity contribution in [2.45, 2.75) is 6.18 Å². The third kappa shape index (κ3) is 4.03. The monoisotopic (exact) mass is 264 g/mol. The van der Waals surface area contributed by atoms with Gasteiger partial charge in [0.15, 0.2) is 11.7 Å². The molecule has 0 aliphatic carbocycles. The molecule has 0 bridgehead atoms. The van der Waals surface area contributed by atoms with Crippen LogP contribution in [0.5, 0.6) is 0 Å². The number of ether oxygens (including phenoxy) is 1. The third-order valence-corrected chi connectivity index (χ3v) is 2.13. The first-order valence-electron chi connectivity index (χ1n) is 4.37. The van der Waals surface area contributed by atoms with Crippen LogP contribution in [0.25, 0.3) is 0 Å². The average molecular weight is 264 g/mol. The van der Waals surface area contributed by atoms with Gasteiger partial charge in [-0.3, -0.25) is 0 Å². The van der Waals surface area contributed by atoms with Crippen molar-refractivity contribution in [3.63, 3.8) is 0 Å². The van der Waals surface area contributed by atoms with Gasteiger partial charge in [-0.05, 0) is 36.5 Å². The molecular formula is C10H7F3O3S. The second-order valence-electron chi connectivity index (χ2n) is 3.04. The Morgan fingerprint density at radius 2 is 1.82 bits per heavy atom. The molecule has 1 N–H and O–H groups in total. The van der Waals surface area contributed by atoms with Gasteiger partial charge < -0.3 is 9.84 Å². The topological polar surface area (TPSA) is 46.5 Å². The maximum absolute atomic E-state index is 12.2. The van der Waals surface area contributed by atoms with Gasteiger partial charge in [0.1, 0.15) is 0 Å². The Balaban J connectivity index is 2.74. The molecule has 0 fully saturated rings. The zero-order valence-electron chi connectivity index (χ0n) is 8.32. The Hall–Kier alpha value is -1.63. The second-order valence-corrected chi connectivity index (χ2v) is 3.42. The Morgan fingerprint density at radius 3 is 2.24 bits per heavy atom. The standard InChI is InChI=1S/C10H7F3O3S/c11-10(12,13)7-3-1-6(2-4-7)9(17)16-5-8(14)15/h1-4H,5H2,(H,14,15). The van der Waals surface area contributed by atoms with Crippen LogP contribution < -0.4 is 0 Å². The summed E-state index contributed by atoms with van der Waals surface area (Å²) in [5.41, 5.74) is -0.573. The Labute approximate surface area is 99.8 Å². The second kappa shape index (κ2) is 5.13. The summed E-state index contributed by atoms with van der Waals surface area (Å²) in [4.78, 5) is 10.2. The number of alkyl halides is 3. The van der Waals surface area contributed by atoms with Crippen LogP contribution in [0.15, 0.2) is 24.3 Å². The highest BCUT2D eigenvalue weighted by atomic mass is 32.1. The number of carboxylic acids is 1. The van der Waals surface area contributed by atoms with Gasteiger partial charge in [0.05, 0.1) is 5.56 Å². The molecule has 1 rings (SSSR count). The molecule has 1 aromatic carbocycles. The van der Waals surface area contributed by atoms with Crippen LogP contribution in [0.2, 0.25) is 0 Å². The van der Waals surface area contributed by atoms with Crippen LogP contribution in [0, 0.1) is 0 Å². The molecule has 7 heteroatoms. The van der Waals surface area contributed by atoms with Crippen LogP contribution in [-0.4, -0.2) is 22.7 Å². The highest BCUT2D eigenvalue weighted by Gasteiger charge is 2.30. The van der Waals surface area contributed by atoms with Crippen molar-refractivity contribution in [3.05, 3.63) is 35.4 Å². The van der Waals surface area contributed by atoms with Crippen molar-refractivity contribution in [2.24, 2.45) is 0 Å². The molecule has 1 aromatic rings. The normalized spacial score (nSPS) is 11.0. The van der Waals surface area contributed by atoms with Gasteiger partial charge in [-0.15, -0.1) is 0 Å². The Bertz CT molecular complexity index is 425. The Kier molecular flexibility index (Phi) is 4.06. The van der Waals surface area contributed by atoms with Crippen molar-refractivity contribution in [2.75, 3.05) is 6.61 Å². The first kappa shape index (κ1) is 13.4. The van der Waals surface area contributed by atoms with Crippen LogP contribution >= 0.6 is 12.2 Å². The van der Waals surface area contributed by atoms with Crippen molar-refractivity contribution < 1.29 is 27.8 Å². The zero-order chi connectivity index (χ0) is 13.1. The SMILES string of the molecule is O=C(O)COC(=S)c1ccc(C(F)(F)F)cc1. The predicted molar refractivity (Wildman–Crippen MR) is 56.7 cm³/mol. The molecule has 0 heterocycles. The van der Waals surface area contributed by atoms with E-state index in [1.54, 1.807) is 0 Å². The van der Waals surface area contributed by atoms with E-state index in [1.165, 1.54) is 0 Å². The van der Waals surface area contributed by atoms with E-state index in [4.69, 9.17) is 17.3 Å². The van der Waals surface area contributed by atoms with E-state index < -0.39 is 24.3 Å². The first-order valence-corrected chi connectivity index (χ1v) is 4.77. The highest BCUT2D eigenvalue weighted by Crippen LogP contribution is 2.29. The van der Waals surface area contributed by atoms with Crippen molar-refractivity contribution >= 4 is 23.2 Å². The number of hydrogen-bond acceptors (Lipinski definition) is 3. The largest absolute Gasteiger partial charge is 0.479 e. The minimum Gasteiger partial charge on any atom is -0.479 e. The molecule has 0 spiro atoms. The zero-order valence-corrected chi connectivity index (χ0v) is 9.14. The molecule has 0 atom stereocenters. The van der Waals surface area contributed by atoms with E-state index in [9.17, 15) is 18.0 Å². The summed E-state index contributed by atoms with van der Waals surface area (Å²) < 4.78 is 41.4. The van der Waals surface area contributed by atoms with Crippen molar-refractivity contribution in [1.82, 2.24) is 0 Å². The number of benzene rings is 1. The summed E-state index contributed by atoms with van der Waals surface area (Å²) in [7, 11) is 0. The maximum Gasteiger partial charge on any atom is 0.416 e. The molecule has 92 valence electrons. The van der Waals surface area contributed by atoms with Gasteiger partial charge in [-0.25, -0.2) is 4.79 Å². The molecule has 0 aromatic heterocycles. The summed E-state index contributed by atoms with van der Waals surface area (Å²) in [6.07, 6.45) is -4.41. The van der Waals surface area contributed by atoms with E-state index in [-0.39, 0.29) is 10.6 Å². The lowest BCUT2D eigenvalue weighted by atomic mass is 10.1. The van der Waals surface area contributed by atoms with Crippen molar-refractivity contribution in [1.29, 1.82) is 0 Å². The average Bonchev–Trinajstić information content (AvgIpc) is 2.25. The third-order valence-electron chi connectivity index (χ3n) is 1.77. The quantitative estimate of drug-likeness (QED) is 0.852. The molecule has 0 saturated heterocycles. The van der Waals surface area contributed by atoms with Gasteiger partial charge in [-0.1, -0.05) is 0 Å². The lowest BCUT2D eigenvalue weighted by Crippen LogP contribution is -2.12. The van der Waals surface area contributed by atoms with Gasteiger partial charge in [-0.2, -0.15) is 13.2 Å². The first-order chi connectivity index (χ1) is 7.80. The maximum atomic E-state index is 12.2. The fourth-order valence-electron chi connectivity index (χ4n) is 1.01. The minimum absolute atomic E-state index is 0.152. The minimum atomic E-state index is -4.41. The van der Waals surface area contributed by atoms with Crippen LogP contribution in [0.3, 0.4) is 0 Å². The van der Waals surface area contributed by atoms with E-state index in [0.717, 1.165) is 24.3 Å². The van der Waals surface area contributed by atoms with Gasteiger partial charge in [0, 0.05) is 5.56 Å². The molecule has 17 heavy (non-hydrogen) atoms. The molecule has 3 nitrogen and oxygen atoms in total. The number of carboxylic acid groups (broad SMARTS) is 1. The summed E-state index contributed by atoms with van der Waals surface area (Å²) in [5.74, 6) is -1.21. The summed E-state index contributed by atoms with van der Waals surface area (Å²) >= 11 is 4.71. The number of thiocarbonyl (C=S) groups is 1. The van der Waals surface area contributed by atoms with Crippen LogP contribution in [0.1, 0.15) is 11.1 Å². The smallest absolute Gasteiger partial charge is 0.416 e. The summed E-state index contributed by atoms with van der Waals surface area (Å²) in [6, 6.07) is 3.97. The van der Waals surface area contributed by atoms with E-state index in [1.807, 2.05) is 0 Å². The van der Waals surface area contributed by atoms with E-state index in [2.05, 4.69) is 4.74 Å².